The lowest BCUT2D eigenvalue weighted by Gasteiger charge is -2.17. The molecule has 0 aliphatic heterocycles. The van der Waals surface area contributed by atoms with Crippen LogP contribution in [0.5, 0.6) is 0 Å². The Kier molecular flexibility index (Phi) is 6.99. The molecule has 120 valence electrons. The van der Waals surface area contributed by atoms with E-state index >= 15 is 0 Å². The van der Waals surface area contributed by atoms with E-state index in [0.29, 0.717) is 30.2 Å². The Morgan fingerprint density at radius 1 is 1.48 bits per heavy atom. The van der Waals surface area contributed by atoms with Gasteiger partial charge in [0, 0.05) is 20.0 Å². The molecule has 0 aromatic carbocycles. The average molecular weight is 373 g/mol. The number of aromatic nitrogens is 2. The Labute approximate surface area is 139 Å². The Hall–Kier alpha value is -0.280. The van der Waals surface area contributed by atoms with Crippen molar-refractivity contribution in [3.63, 3.8) is 0 Å². The van der Waals surface area contributed by atoms with Gasteiger partial charge in [-0.1, -0.05) is 18.5 Å². The van der Waals surface area contributed by atoms with Crippen molar-refractivity contribution in [3.8, 4) is 0 Å². The van der Waals surface area contributed by atoms with Crippen LogP contribution in [0.3, 0.4) is 0 Å². The third-order valence-corrected chi connectivity index (χ3v) is 5.72. The van der Waals surface area contributed by atoms with E-state index < -0.39 is 10.2 Å². The first kappa shape index (κ1) is 18.8. The topological polar surface area (TPSA) is 79.0 Å². The molecule has 1 N–H and O–H groups in total. The quantitative estimate of drug-likeness (QED) is 0.452. The lowest BCUT2D eigenvalue weighted by molar-refractivity contribution is 0.508. The molecule has 10 heteroatoms. The van der Waals surface area contributed by atoms with E-state index in [-0.39, 0.29) is 16.0 Å². The van der Waals surface area contributed by atoms with Crippen LogP contribution in [0.2, 0.25) is 5.15 Å². The minimum Gasteiger partial charge on any atom is -0.291 e. The predicted molar refractivity (Wildman–Crippen MR) is 89.2 cm³/mol. The number of alkyl halides is 1. The van der Waals surface area contributed by atoms with Crippen LogP contribution in [0, 0.1) is 5.41 Å². The zero-order chi connectivity index (χ0) is 16.2. The second-order valence-corrected chi connectivity index (χ2v) is 8.28. The van der Waals surface area contributed by atoms with Gasteiger partial charge in [-0.05, 0) is 18.6 Å². The maximum Gasteiger partial charge on any atom is 0.309 e. The number of thioether (sulfide) groups is 1. The first-order valence-corrected chi connectivity index (χ1v) is 9.54. The number of hydrogen-bond donors (Lipinski definition) is 1. The van der Waals surface area contributed by atoms with Crippen molar-refractivity contribution in [2.45, 2.75) is 19.8 Å². The van der Waals surface area contributed by atoms with Crippen LogP contribution in [-0.4, -0.2) is 52.5 Å². The number of nitrogens with one attached hydrogen (secondary N) is 1. The summed E-state index contributed by atoms with van der Waals surface area (Å²) in [6, 6.07) is 0. The summed E-state index contributed by atoms with van der Waals surface area (Å²) in [7, 11) is -0.954. The lowest BCUT2D eigenvalue weighted by Crippen LogP contribution is -2.32. The second kappa shape index (κ2) is 7.82. The van der Waals surface area contributed by atoms with E-state index in [2.05, 4.69) is 4.98 Å². The second-order valence-electron chi connectivity index (χ2n) is 4.28. The molecule has 0 unspecified atom stereocenters. The minimum atomic E-state index is -3.81. The summed E-state index contributed by atoms with van der Waals surface area (Å²) in [6.45, 7) is 1.88. The van der Waals surface area contributed by atoms with Crippen molar-refractivity contribution in [2.75, 3.05) is 25.7 Å². The normalized spacial score (nSPS) is 12.1. The molecule has 0 fully saturated rings. The van der Waals surface area contributed by atoms with Gasteiger partial charge in [-0.3, -0.25) is 5.41 Å². The van der Waals surface area contributed by atoms with Gasteiger partial charge in [0.05, 0.1) is 5.69 Å². The highest BCUT2D eigenvalue weighted by Crippen LogP contribution is 2.25. The number of imidazole rings is 1. The molecule has 6 nitrogen and oxygen atoms in total. The van der Waals surface area contributed by atoms with Gasteiger partial charge in [0.2, 0.25) is 0 Å². The number of halogens is 2. The average Bonchev–Trinajstić information content (AvgIpc) is 2.74. The summed E-state index contributed by atoms with van der Waals surface area (Å²) in [6.07, 6.45) is 0.954. The third kappa shape index (κ3) is 4.13. The molecule has 0 spiro atoms. The van der Waals surface area contributed by atoms with Crippen LogP contribution >= 0.6 is 35.0 Å². The van der Waals surface area contributed by atoms with Crippen LogP contribution in [-0.2, 0) is 16.6 Å². The molecular weight excluding hydrogens is 355 g/mol. The van der Waals surface area contributed by atoms with E-state index in [1.165, 1.54) is 25.9 Å². The Bertz CT molecular complexity index is 614. The van der Waals surface area contributed by atoms with Gasteiger partial charge >= 0.3 is 10.2 Å². The fourth-order valence-electron chi connectivity index (χ4n) is 1.62. The summed E-state index contributed by atoms with van der Waals surface area (Å²) < 4.78 is 27.1. The van der Waals surface area contributed by atoms with Gasteiger partial charge in [-0.2, -0.15) is 12.7 Å². The predicted octanol–water partition coefficient (Wildman–Crippen LogP) is 2.44. The van der Waals surface area contributed by atoms with Gasteiger partial charge in [-0.15, -0.1) is 23.4 Å². The van der Waals surface area contributed by atoms with Crippen molar-refractivity contribution < 1.29 is 8.42 Å². The summed E-state index contributed by atoms with van der Waals surface area (Å²) >= 11 is 13.0. The molecule has 1 heterocycles. The first-order chi connectivity index (χ1) is 9.77. The zero-order valence-corrected chi connectivity index (χ0v) is 15.2. The Balaban J connectivity index is 3.49. The van der Waals surface area contributed by atoms with Crippen LogP contribution in [0.1, 0.15) is 24.9 Å². The summed E-state index contributed by atoms with van der Waals surface area (Å²) in [4.78, 5) is 4.06. The zero-order valence-electron chi connectivity index (χ0n) is 12.1. The molecule has 0 radical (unpaired) electrons. The van der Waals surface area contributed by atoms with Crippen molar-refractivity contribution in [1.82, 2.24) is 13.3 Å². The Morgan fingerprint density at radius 2 is 2.10 bits per heavy atom. The molecule has 0 saturated heterocycles. The molecule has 0 atom stereocenters. The van der Waals surface area contributed by atoms with E-state index in [0.717, 1.165) is 8.28 Å². The number of rotatable bonds is 7. The number of hydrogen-bond acceptors (Lipinski definition) is 5. The van der Waals surface area contributed by atoms with Crippen LogP contribution in [0.15, 0.2) is 0 Å². The van der Waals surface area contributed by atoms with E-state index in [1.807, 2.05) is 6.92 Å². The minimum absolute atomic E-state index is 0.0464. The molecule has 0 saturated carbocycles. The Morgan fingerprint density at radius 3 is 2.57 bits per heavy atom. The first-order valence-electron chi connectivity index (χ1n) is 6.25. The van der Waals surface area contributed by atoms with E-state index in [4.69, 9.17) is 28.6 Å². The van der Waals surface area contributed by atoms with Crippen molar-refractivity contribution >= 4 is 50.2 Å². The molecule has 0 amide bonds. The molecule has 1 rings (SSSR count). The lowest BCUT2D eigenvalue weighted by atomic mass is 10.3. The molecular formula is C11H18Cl2N4O2S2. The van der Waals surface area contributed by atoms with E-state index in [1.54, 1.807) is 0 Å². The van der Waals surface area contributed by atoms with Crippen LogP contribution < -0.4 is 0 Å². The van der Waals surface area contributed by atoms with Gasteiger partial charge in [0.25, 0.3) is 0 Å². The third-order valence-electron chi connectivity index (χ3n) is 2.61. The highest BCUT2D eigenvalue weighted by Gasteiger charge is 2.29. The smallest absolute Gasteiger partial charge is 0.291 e. The summed E-state index contributed by atoms with van der Waals surface area (Å²) in [5.74, 6) is 1.08. The van der Waals surface area contributed by atoms with Crippen molar-refractivity contribution in [2.24, 2.45) is 0 Å². The maximum absolute atomic E-state index is 12.5. The van der Waals surface area contributed by atoms with E-state index in [9.17, 15) is 8.42 Å². The SMILES string of the molecule is CCSC(=N)c1nc(Cl)c(CCCCl)n1S(=O)(=O)N(C)C. The largest absolute Gasteiger partial charge is 0.309 e. The number of nitrogens with zero attached hydrogens (tertiary/aromatic N) is 3. The molecule has 21 heavy (non-hydrogen) atoms. The maximum atomic E-state index is 12.5. The molecule has 0 aliphatic rings. The summed E-state index contributed by atoms with van der Waals surface area (Å²) in [5, 5.41) is 8.16. The van der Waals surface area contributed by atoms with Gasteiger partial charge in [0.15, 0.2) is 11.0 Å². The van der Waals surface area contributed by atoms with Crippen LogP contribution in [0.25, 0.3) is 0 Å². The fraction of sp³-hybridized carbons (Fsp3) is 0.636. The fourth-order valence-corrected chi connectivity index (χ4v) is 3.81. The molecule has 1 aromatic rings. The monoisotopic (exact) mass is 372 g/mol. The van der Waals surface area contributed by atoms with Crippen molar-refractivity contribution in [1.29, 1.82) is 5.41 Å². The van der Waals surface area contributed by atoms with Gasteiger partial charge in [0.1, 0.15) is 5.04 Å². The standard InChI is InChI=1S/C11H18Cl2N4O2S2/c1-4-20-10(14)11-15-9(13)8(6-5-7-12)17(11)21(18,19)16(2)3/h14H,4-7H2,1-3H3. The molecule has 1 aromatic heterocycles. The molecule has 0 aliphatic carbocycles. The summed E-state index contributed by atoms with van der Waals surface area (Å²) in [5.41, 5.74) is 0.363. The highest BCUT2D eigenvalue weighted by atomic mass is 35.5. The van der Waals surface area contributed by atoms with Gasteiger partial charge in [-0.25, -0.2) is 8.96 Å². The van der Waals surface area contributed by atoms with Gasteiger partial charge < -0.3 is 0 Å². The van der Waals surface area contributed by atoms with Crippen LogP contribution in [0.4, 0.5) is 0 Å². The molecule has 0 bridgehead atoms. The van der Waals surface area contributed by atoms with Crippen molar-refractivity contribution in [3.05, 3.63) is 16.7 Å². The highest BCUT2D eigenvalue weighted by molar-refractivity contribution is 8.14.